The van der Waals surface area contributed by atoms with E-state index in [0.717, 1.165) is 0 Å². The van der Waals surface area contributed by atoms with Crippen LogP contribution in [0, 0.1) is 5.92 Å². The number of hydrogen-bond acceptors (Lipinski definition) is 4. The molecule has 4 nitrogen and oxygen atoms in total. The van der Waals surface area contributed by atoms with E-state index in [4.69, 9.17) is 4.43 Å². The van der Waals surface area contributed by atoms with E-state index in [9.17, 15) is 9.59 Å². The van der Waals surface area contributed by atoms with Crippen LogP contribution >= 0.6 is 0 Å². The second-order valence-corrected chi connectivity index (χ2v) is 9.77. The minimum atomic E-state index is -1.86. The first-order valence-electron chi connectivity index (χ1n) is 5.59. The summed E-state index contributed by atoms with van der Waals surface area (Å²) < 4.78 is 5.42. The van der Waals surface area contributed by atoms with Crippen LogP contribution in [-0.4, -0.2) is 32.7 Å². The highest BCUT2D eigenvalue weighted by Crippen LogP contribution is 2.09. The van der Waals surface area contributed by atoms with Crippen molar-refractivity contribution in [2.24, 2.45) is 5.92 Å². The number of Topliss-reactive ketones (excluding diaryl/α,β-unsaturated/α-hetero) is 1. The van der Waals surface area contributed by atoms with Gasteiger partial charge in [-0.3, -0.25) is 14.9 Å². The van der Waals surface area contributed by atoms with E-state index in [0.29, 0.717) is 0 Å². The number of ketones is 1. The van der Waals surface area contributed by atoms with Crippen LogP contribution in [0.4, 0.5) is 0 Å². The molecule has 0 rings (SSSR count). The van der Waals surface area contributed by atoms with Crippen LogP contribution in [0.25, 0.3) is 0 Å². The van der Waals surface area contributed by atoms with Crippen molar-refractivity contribution in [3.8, 4) is 0 Å². The van der Waals surface area contributed by atoms with E-state index in [-0.39, 0.29) is 24.2 Å². The molecule has 0 saturated carbocycles. The Bertz CT molecular complexity index is 258. The van der Waals surface area contributed by atoms with Gasteiger partial charge in [0.2, 0.25) is 8.32 Å². The fraction of sp³-hybridized carbons (Fsp3) is 0.818. The van der Waals surface area contributed by atoms with Crippen LogP contribution in [0.15, 0.2) is 0 Å². The summed E-state index contributed by atoms with van der Waals surface area (Å²) in [7, 11) is -1.86. The molecule has 1 atom stereocenters. The number of rotatable bonds is 6. The molecule has 0 aliphatic heterocycles. The molecule has 0 aromatic carbocycles. The highest BCUT2D eigenvalue weighted by Gasteiger charge is 2.28. The van der Waals surface area contributed by atoms with Crippen molar-refractivity contribution < 1.29 is 14.0 Å². The largest absolute Gasteiger partial charge is 0.519 e. The third kappa shape index (κ3) is 6.74. The lowest BCUT2D eigenvalue weighted by molar-refractivity contribution is -0.138. The molecule has 0 saturated heterocycles. The fourth-order valence-electron chi connectivity index (χ4n) is 1.21. The van der Waals surface area contributed by atoms with Gasteiger partial charge in [-0.2, -0.15) is 0 Å². The SMILES string of the molecule is CC(=O)CN[C@H](C(=O)O[Si](C)(C)C)C(C)C. The topological polar surface area (TPSA) is 55.4 Å². The smallest absolute Gasteiger partial charge is 0.310 e. The van der Waals surface area contributed by atoms with Gasteiger partial charge >= 0.3 is 5.97 Å². The third-order valence-electron chi connectivity index (χ3n) is 1.90. The second-order valence-electron chi connectivity index (χ2n) is 5.34. The zero-order chi connectivity index (χ0) is 12.9. The highest BCUT2D eigenvalue weighted by molar-refractivity contribution is 6.71. The molecule has 0 radical (unpaired) electrons. The second kappa shape index (κ2) is 6.15. The van der Waals surface area contributed by atoms with Crippen LogP contribution in [0.5, 0.6) is 0 Å². The maximum atomic E-state index is 11.9. The Morgan fingerprint density at radius 2 is 1.75 bits per heavy atom. The van der Waals surface area contributed by atoms with Gasteiger partial charge in [-0.1, -0.05) is 13.8 Å². The Labute approximate surface area is 98.9 Å². The molecule has 1 N–H and O–H groups in total. The minimum Gasteiger partial charge on any atom is -0.519 e. The van der Waals surface area contributed by atoms with Gasteiger partial charge in [0.25, 0.3) is 0 Å². The molecule has 0 aromatic rings. The maximum Gasteiger partial charge on any atom is 0.310 e. The van der Waals surface area contributed by atoms with Gasteiger partial charge in [0.05, 0.1) is 6.54 Å². The van der Waals surface area contributed by atoms with Crippen LogP contribution in [0.3, 0.4) is 0 Å². The summed E-state index contributed by atoms with van der Waals surface area (Å²) in [5.41, 5.74) is 0. The summed E-state index contributed by atoms with van der Waals surface area (Å²) in [4.78, 5) is 22.7. The molecule has 16 heavy (non-hydrogen) atoms. The first kappa shape index (κ1) is 15.3. The molecule has 0 aliphatic carbocycles. The van der Waals surface area contributed by atoms with E-state index in [1.54, 1.807) is 0 Å². The molecule has 5 heteroatoms. The summed E-state index contributed by atoms with van der Waals surface area (Å²) in [6, 6.07) is -0.393. The summed E-state index contributed by atoms with van der Waals surface area (Å²) in [6.07, 6.45) is 0. The fourth-order valence-corrected chi connectivity index (χ4v) is 1.94. The third-order valence-corrected chi connectivity index (χ3v) is 2.71. The van der Waals surface area contributed by atoms with E-state index >= 15 is 0 Å². The molecule has 0 aliphatic rings. The van der Waals surface area contributed by atoms with Crippen molar-refractivity contribution in [1.82, 2.24) is 5.32 Å². The summed E-state index contributed by atoms with van der Waals surface area (Å²) >= 11 is 0. The lowest BCUT2D eigenvalue weighted by Crippen LogP contribution is -2.47. The first-order valence-corrected chi connectivity index (χ1v) is 9.00. The molecule has 0 bridgehead atoms. The first-order chi connectivity index (χ1) is 7.13. The molecule has 0 unspecified atom stereocenters. The van der Waals surface area contributed by atoms with E-state index in [2.05, 4.69) is 5.32 Å². The minimum absolute atomic E-state index is 0.0199. The van der Waals surface area contributed by atoms with E-state index < -0.39 is 14.4 Å². The Kier molecular flexibility index (Phi) is 5.89. The summed E-state index contributed by atoms with van der Waals surface area (Å²) in [5, 5.41) is 2.94. The average Bonchev–Trinajstić information content (AvgIpc) is 1.98. The van der Waals surface area contributed by atoms with Crippen LogP contribution in [0.2, 0.25) is 19.6 Å². The Morgan fingerprint density at radius 1 is 1.25 bits per heavy atom. The van der Waals surface area contributed by atoms with Crippen molar-refractivity contribution in [2.75, 3.05) is 6.54 Å². The van der Waals surface area contributed by atoms with E-state index in [1.165, 1.54) is 6.92 Å². The lowest BCUT2D eigenvalue weighted by Gasteiger charge is -2.25. The molecular formula is C11H23NO3Si. The normalized spacial score (nSPS) is 13.7. The van der Waals surface area contributed by atoms with Gasteiger partial charge < -0.3 is 4.43 Å². The van der Waals surface area contributed by atoms with Gasteiger partial charge in [-0.25, -0.2) is 0 Å². The standard InChI is InChI=1S/C11H23NO3Si/c1-8(2)10(12-7-9(3)13)11(14)15-16(4,5)6/h8,10,12H,7H2,1-6H3/t10-/m0/s1. The van der Waals surface area contributed by atoms with E-state index in [1.807, 2.05) is 33.5 Å². The quantitative estimate of drug-likeness (QED) is 0.722. The number of carbonyl (C=O) groups excluding carboxylic acids is 2. The molecule has 0 amide bonds. The van der Waals surface area contributed by atoms with Gasteiger partial charge in [-0.05, 0) is 32.5 Å². The van der Waals surface area contributed by atoms with Crippen molar-refractivity contribution in [1.29, 1.82) is 0 Å². The molecule has 0 fully saturated rings. The number of nitrogens with one attached hydrogen (secondary N) is 1. The van der Waals surface area contributed by atoms with Gasteiger partial charge in [0.1, 0.15) is 11.8 Å². The molecule has 94 valence electrons. The van der Waals surface area contributed by atoms with Gasteiger partial charge in [0.15, 0.2) is 0 Å². The van der Waals surface area contributed by atoms with Crippen molar-refractivity contribution >= 4 is 20.1 Å². The zero-order valence-electron chi connectivity index (χ0n) is 11.1. The molecule has 0 aromatic heterocycles. The van der Waals surface area contributed by atoms with Crippen LogP contribution in [-0.2, 0) is 14.0 Å². The number of carbonyl (C=O) groups is 2. The average molecular weight is 245 g/mol. The predicted octanol–water partition coefficient (Wildman–Crippen LogP) is 1.57. The maximum absolute atomic E-state index is 11.9. The predicted molar refractivity (Wildman–Crippen MR) is 66.7 cm³/mol. The molecule has 0 spiro atoms. The van der Waals surface area contributed by atoms with Crippen molar-refractivity contribution in [2.45, 2.75) is 46.5 Å². The highest BCUT2D eigenvalue weighted by atomic mass is 28.4. The van der Waals surface area contributed by atoms with Gasteiger partial charge in [-0.15, -0.1) is 0 Å². The number of hydrogen-bond donors (Lipinski definition) is 1. The monoisotopic (exact) mass is 245 g/mol. The molecular weight excluding hydrogens is 222 g/mol. The molecule has 0 heterocycles. The van der Waals surface area contributed by atoms with Crippen LogP contribution in [0.1, 0.15) is 20.8 Å². The zero-order valence-corrected chi connectivity index (χ0v) is 12.1. The lowest BCUT2D eigenvalue weighted by atomic mass is 10.0. The Balaban J connectivity index is 4.42. The summed E-state index contributed by atoms with van der Waals surface area (Å²) in [5.74, 6) is -0.106. The Morgan fingerprint density at radius 3 is 2.06 bits per heavy atom. The van der Waals surface area contributed by atoms with Crippen molar-refractivity contribution in [3.05, 3.63) is 0 Å². The van der Waals surface area contributed by atoms with Gasteiger partial charge in [0, 0.05) is 0 Å². The Hall–Kier alpha value is -0.683. The van der Waals surface area contributed by atoms with Crippen LogP contribution < -0.4 is 5.32 Å². The summed E-state index contributed by atoms with van der Waals surface area (Å²) in [6.45, 7) is 11.5. The van der Waals surface area contributed by atoms with Crippen molar-refractivity contribution in [3.63, 3.8) is 0 Å².